The minimum absolute atomic E-state index is 0.0635. The van der Waals surface area contributed by atoms with Crippen LogP contribution in [-0.4, -0.2) is 55.4 Å². The zero-order valence-electron chi connectivity index (χ0n) is 13.4. The van der Waals surface area contributed by atoms with E-state index in [2.05, 4.69) is 16.0 Å². The molecular weight excluding hydrogens is 318 g/mol. The van der Waals surface area contributed by atoms with Crippen LogP contribution in [0.4, 0.5) is 0 Å². The fourth-order valence-electron chi connectivity index (χ4n) is 2.14. The van der Waals surface area contributed by atoms with E-state index < -0.39 is 0 Å². The molecule has 2 saturated carbocycles. The Labute approximate surface area is 140 Å². The van der Waals surface area contributed by atoms with E-state index in [4.69, 9.17) is 0 Å². The molecule has 22 heavy (non-hydrogen) atoms. The normalized spacial score (nSPS) is 20.5. The van der Waals surface area contributed by atoms with Gasteiger partial charge in [-0.25, -0.2) is 0 Å². The van der Waals surface area contributed by atoms with Crippen LogP contribution in [0.2, 0.25) is 0 Å². The maximum Gasteiger partial charge on any atom is 0.238 e. The van der Waals surface area contributed by atoms with Gasteiger partial charge in [0.25, 0.3) is 0 Å². The number of likely N-dealkylation sites (N-methyl/N-ethyl adjacent to an activating group) is 2. The Hall–Kier alpha value is -0.240. The summed E-state index contributed by atoms with van der Waals surface area (Å²) in [5.41, 5.74) is 0. The van der Waals surface area contributed by atoms with Gasteiger partial charge < -0.3 is 16.0 Å². The van der Waals surface area contributed by atoms with Gasteiger partial charge in [-0.3, -0.25) is 9.59 Å². The standard InChI is InChI=1S/C15H27N3O2S2/c1-16-12(14(19)7-10-3-4-10)8-21-22-9-13(17-2)15(20)18-11-5-6-11/h10-13,16-17H,3-9H2,1-2H3,(H,18,20)/t12-,13-/m0/s1. The lowest BCUT2D eigenvalue weighted by Crippen LogP contribution is -2.45. The maximum absolute atomic E-state index is 12.1. The Balaban J connectivity index is 1.60. The van der Waals surface area contributed by atoms with E-state index in [1.807, 2.05) is 14.1 Å². The quantitative estimate of drug-likeness (QED) is 0.365. The number of hydrogen-bond donors (Lipinski definition) is 3. The molecule has 0 saturated heterocycles. The second kappa shape index (κ2) is 9.15. The van der Waals surface area contributed by atoms with Gasteiger partial charge in [-0.1, -0.05) is 21.6 Å². The molecule has 126 valence electrons. The lowest BCUT2D eigenvalue weighted by molar-refractivity contribution is -0.122. The third-order valence-corrected chi connectivity index (χ3v) is 6.49. The minimum Gasteiger partial charge on any atom is -0.352 e. The number of carbonyl (C=O) groups is 2. The summed E-state index contributed by atoms with van der Waals surface area (Å²) in [6.07, 6.45) is 5.36. The third kappa shape index (κ3) is 6.48. The second-order valence-electron chi connectivity index (χ2n) is 6.15. The van der Waals surface area contributed by atoms with Crippen molar-refractivity contribution in [2.75, 3.05) is 25.6 Å². The lowest BCUT2D eigenvalue weighted by Gasteiger charge is -2.17. The average molecular weight is 346 g/mol. The topological polar surface area (TPSA) is 70.2 Å². The van der Waals surface area contributed by atoms with Gasteiger partial charge in [-0.05, 0) is 45.7 Å². The number of ketones is 1. The first-order valence-electron chi connectivity index (χ1n) is 8.06. The van der Waals surface area contributed by atoms with Gasteiger partial charge in [0.1, 0.15) is 0 Å². The van der Waals surface area contributed by atoms with Crippen LogP contribution in [0.1, 0.15) is 32.1 Å². The van der Waals surface area contributed by atoms with Gasteiger partial charge in [0, 0.05) is 24.0 Å². The predicted octanol–water partition coefficient (Wildman–Crippen LogP) is 1.19. The lowest BCUT2D eigenvalue weighted by atomic mass is 10.1. The molecule has 2 rings (SSSR count). The Morgan fingerprint density at radius 3 is 2.09 bits per heavy atom. The summed E-state index contributed by atoms with van der Waals surface area (Å²) in [5, 5.41) is 9.20. The van der Waals surface area contributed by atoms with Crippen molar-refractivity contribution < 1.29 is 9.59 Å². The van der Waals surface area contributed by atoms with E-state index in [1.165, 1.54) is 12.8 Å². The highest BCUT2D eigenvalue weighted by atomic mass is 33.1. The molecule has 1 amide bonds. The molecule has 0 spiro atoms. The molecule has 3 N–H and O–H groups in total. The molecule has 0 aliphatic heterocycles. The van der Waals surface area contributed by atoms with E-state index >= 15 is 0 Å². The second-order valence-corrected chi connectivity index (χ2v) is 8.70. The van der Waals surface area contributed by atoms with E-state index in [9.17, 15) is 9.59 Å². The molecule has 2 aliphatic carbocycles. The maximum atomic E-state index is 12.1. The van der Waals surface area contributed by atoms with Crippen molar-refractivity contribution in [1.29, 1.82) is 0 Å². The van der Waals surface area contributed by atoms with Crippen molar-refractivity contribution in [3.05, 3.63) is 0 Å². The first-order chi connectivity index (χ1) is 10.6. The Bertz CT molecular complexity index is 351. The molecule has 7 heteroatoms. The van der Waals surface area contributed by atoms with Crippen molar-refractivity contribution in [2.24, 2.45) is 5.92 Å². The summed E-state index contributed by atoms with van der Waals surface area (Å²) in [4.78, 5) is 24.1. The van der Waals surface area contributed by atoms with Crippen LogP contribution in [0.5, 0.6) is 0 Å². The van der Waals surface area contributed by atoms with Crippen LogP contribution in [0.3, 0.4) is 0 Å². The Kier molecular flexibility index (Phi) is 7.53. The molecule has 2 atom stereocenters. The molecule has 5 nitrogen and oxygen atoms in total. The summed E-state index contributed by atoms with van der Waals surface area (Å²) in [6, 6.07) is 0.175. The fourth-order valence-corrected chi connectivity index (χ4v) is 4.67. The zero-order valence-corrected chi connectivity index (χ0v) is 15.0. The fraction of sp³-hybridized carbons (Fsp3) is 0.867. The highest BCUT2D eigenvalue weighted by molar-refractivity contribution is 8.76. The van der Waals surface area contributed by atoms with Crippen LogP contribution in [-0.2, 0) is 9.59 Å². The van der Waals surface area contributed by atoms with Crippen molar-refractivity contribution in [2.45, 2.75) is 50.2 Å². The van der Waals surface area contributed by atoms with E-state index in [-0.39, 0.29) is 18.0 Å². The predicted molar refractivity (Wildman–Crippen MR) is 94.1 cm³/mol. The Morgan fingerprint density at radius 1 is 1.00 bits per heavy atom. The number of rotatable bonds is 12. The summed E-state index contributed by atoms with van der Waals surface area (Å²) in [5.74, 6) is 2.53. The van der Waals surface area contributed by atoms with Crippen LogP contribution >= 0.6 is 21.6 Å². The van der Waals surface area contributed by atoms with Crippen LogP contribution in [0, 0.1) is 5.92 Å². The molecular formula is C15H27N3O2S2. The molecule has 2 aliphatic rings. The monoisotopic (exact) mass is 345 g/mol. The van der Waals surface area contributed by atoms with Crippen molar-refractivity contribution in [1.82, 2.24) is 16.0 Å². The summed E-state index contributed by atoms with van der Waals surface area (Å²) in [6.45, 7) is 0. The summed E-state index contributed by atoms with van der Waals surface area (Å²) in [7, 11) is 6.99. The molecule has 0 bridgehead atoms. The van der Waals surface area contributed by atoms with Gasteiger partial charge in [-0.2, -0.15) is 0 Å². The van der Waals surface area contributed by atoms with Crippen LogP contribution in [0.15, 0.2) is 0 Å². The molecule has 0 radical (unpaired) electrons. The van der Waals surface area contributed by atoms with Crippen molar-refractivity contribution in [3.63, 3.8) is 0 Å². The average Bonchev–Trinajstić information content (AvgIpc) is 3.39. The first-order valence-corrected chi connectivity index (χ1v) is 10.5. The van der Waals surface area contributed by atoms with Gasteiger partial charge in [0.05, 0.1) is 12.1 Å². The van der Waals surface area contributed by atoms with E-state index in [0.29, 0.717) is 23.5 Å². The molecule has 0 aromatic rings. The minimum atomic E-state index is -0.159. The van der Waals surface area contributed by atoms with Crippen LogP contribution in [0.25, 0.3) is 0 Å². The SMILES string of the molecule is CN[C@@H](CSSC[C@H](NC)C(=O)NC1CC1)C(=O)CC1CC1. The largest absolute Gasteiger partial charge is 0.352 e. The van der Waals surface area contributed by atoms with Gasteiger partial charge >= 0.3 is 0 Å². The molecule has 2 fully saturated rings. The number of nitrogens with one attached hydrogen (secondary N) is 3. The number of hydrogen-bond acceptors (Lipinski definition) is 6. The molecule has 0 aromatic heterocycles. The molecule has 0 heterocycles. The smallest absolute Gasteiger partial charge is 0.238 e. The number of Topliss-reactive ketones (excluding diaryl/α,β-unsaturated/α-hetero) is 1. The highest BCUT2D eigenvalue weighted by Crippen LogP contribution is 2.33. The van der Waals surface area contributed by atoms with Gasteiger partial charge in [-0.15, -0.1) is 0 Å². The third-order valence-electron chi connectivity index (χ3n) is 4.07. The summed E-state index contributed by atoms with van der Waals surface area (Å²) >= 11 is 0. The molecule has 0 aromatic carbocycles. The summed E-state index contributed by atoms with van der Waals surface area (Å²) < 4.78 is 0. The van der Waals surface area contributed by atoms with Gasteiger partial charge in [0.2, 0.25) is 5.91 Å². The zero-order chi connectivity index (χ0) is 15.9. The molecule has 0 unspecified atom stereocenters. The van der Waals surface area contributed by atoms with Gasteiger partial charge in [0.15, 0.2) is 5.78 Å². The van der Waals surface area contributed by atoms with E-state index in [0.717, 1.165) is 25.0 Å². The van der Waals surface area contributed by atoms with Crippen molar-refractivity contribution >= 4 is 33.3 Å². The van der Waals surface area contributed by atoms with Crippen molar-refractivity contribution in [3.8, 4) is 0 Å². The van der Waals surface area contributed by atoms with Crippen LogP contribution < -0.4 is 16.0 Å². The first kappa shape index (κ1) is 18.1. The number of amides is 1. The van der Waals surface area contributed by atoms with E-state index in [1.54, 1.807) is 21.6 Å². The Morgan fingerprint density at radius 2 is 1.59 bits per heavy atom. The highest BCUT2D eigenvalue weighted by Gasteiger charge is 2.28. The number of carbonyl (C=O) groups excluding carboxylic acids is 2.